The van der Waals surface area contributed by atoms with E-state index in [1.165, 1.54) is 24.9 Å². The minimum absolute atomic E-state index is 0.0904. The number of imidazole rings is 1. The van der Waals surface area contributed by atoms with Crippen LogP contribution in [0.3, 0.4) is 0 Å². The van der Waals surface area contributed by atoms with Crippen LogP contribution < -0.4 is 4.74 Å². The number of nitro benzene ring substituents is 1. The lowest BCUT2D eigenvalue weighted by Crippen LogP contribution is -2.07. The van der Waals surface area contributed by atoms with E-state index in [0.717, 1.165) is 16.8 Å². The standard InChI is InChI=1S/C20H19N3O5S/c1-27-19-7-4-16(10-18(19)23(25)26)12-29-13-20(24)28-11-15-2-5-17(6-3-15)22-9-8-21-14-22/h2-10,14H,11-13H2,1H3. The van der Waals surface area contributed by atoms with Gasteiger partial charge in [0.05, 0.1) is 24.1 Å². The molecular formula is C20H19N3O5S. The number of carbonyl (C=O) groups is 1. The molecule has 0 saturated carbocycles. The predicted molar refractivity (Wildman–Crippen MR) is 109 cm³/mol. The van der Waals surface area contributed by atoms with Gasteiger partial charge in [0.15, 0.2) is 5.75 Å². The molecule has 29 heavy (non-hydrogen) atoms. The van der Waals surface area contributed by atoms with E-state index in [0.29, 0.717) is 5.75 Å². The zero-order valence-corrected chi connectivity index (χ0v) is 16.5. The molecule has 0 radical (unpaired) electrons. The number of nitrogens with zero attached hydrogens (tertiary/aromatic N) is 3. The lowest BCUT2D eigenvalue weighted by molar-refractivity contribution is -0.385. The molecule has 2 aromatic carbocycles. The molecule has 0 saturated heterocycles. The van der Waals surface area contributed by atoms with Crippen LogP contribution in [0.25, 0.3) is 5.69 Å². The Balaban J connectivity index is 1.44. The number of thioether (sulfide) groups is 1. The molecule has 0 bridgehead atoms. The van der Waals surface area contributed by atoms with E-state index in [2.05, 4.69) is 4.98 Å². The molecule has 0 spiro atoms. The molecule has 0 aliphatic rings. The van der Waals surface area contributed by atoms with Gasteiger partial charge in [0.25, 0.3) is 0 Å². The second kappa shape index (κ2) is 9.74. The Bertz CT molecular complexity index is 974. The fourth-order valence-corrected chi connectivity index (χ4v) is 3.37. The van der Waals surface area contributed by atoms with Gasteiger partial charge in [-0.05, 0) is 29.3 Å². The first-order valence-electron chi connectivity index (χ1n) is 8.69. The molecule has 0 atom stereocenters. The summed E-state index contributed by atoms with van der Waals surface area (Å²) in [4.78, 5) is 26.5. The van der Waals surface area contributed by atoms with Gasteiger partial charge in [-0.25, -0.2) is 4.98 Å². The van der Waals surface area contributed by atoms with Crippen LogP contribution in [0.15, 0.2) is 61.2 Å². The van der Waals surface area contributed by atoms with Gasteiger partial charge in [-0.2, -0.15) is 0 Å². The Morgan fingerprint density at radius 1 is 1.21 bits per heavy atom. The number of hydrogen-bond donors (Lipinski definition) is 0. The number of hydrogen-bond acceptors (Lipinski definition) is 7. The molecule has 1 heterocycles. The molecule has 1 aromatic heterocycles. The van der Waals surface area contributed by atoms with E-state index in [4.69, 9.17) is 9.47 Å². The number of rotatable bonds is 9. The zero-order chi connectivity index (χ0) is 20.6. The van der Waals surface area contributed by atoms with Crippen LogP contribution in [0, 0.1) is 10.1 Å². The number of benzene rings is 2. The van der Waals surface area contributed by atoms with Crippen LogP contribution in [-0.4, -0.2) is 33.3 Å². The first-order valence-corrected chi connectivity index (χ1v) is 9.84. The molecule has 0 N–H and O–H groups in total. The average molecular weight is 413 g/mol. The van der Waals surface area contributed by atoms with Crippen LogP contribution in [0.4, 0.5) is 5.69 Å². The second-order valence-electron chi connectivity index (χ2n) is 6.05. The van der Waals surface area contributed by atoms with Crippen LogP contribution >= 0.6 is 11.8 Å². The van der Waals surface area contributed by atoms with Gasteiger partial charge in [0, 0.05) is 29.9 Å². The fourth-order valence-electron chi connectivity index (χ4n) is 2.60. The fraction of sp³-hybridized carbons (Fsp3) is 0.200. The number of methoxy groups -OCH3 is 1. The Hall–Kier alpha value is -3.33. The van der Waals surface area contributed by atoms with Gasteiger partial charge >= 0.3 is 11.7 Å². The first-order chi connectivity index (χ1) is 14.1. The monoisotopic (exact) mass is 413 g/mol. The normalized spacial score (nSPS) is 10.5. The molecule has 0 fully saturated rings. The lowest BCUT2D eigenvalue weighted by Gasteiger charge is -2.07. The summed E-state index contributed by atoms with van der Waals surface area (Å²) in [6.07, 6.45) is 5.27. The zero-order valence-electron chi connectivity index (χ0n) is 15.7. The molecule has 0 amide bonds. The van der Waals surface area contributed by atoms with Crippen molar-refractivity contribution in [3.05, 3.63) is 82.4 Å². The molecular weight excluding hydrogens is 394 g/mol. The molecule has 0 aliphatic heterocycles. The third-order valence-corrected chi connectivity index (χ3v) is 5.04. The van der Waals surface area contributed by atoms with Crippen molar-refractivity contribution in [3.8, 4) is 11.4 Å². The van der Waals surface area contributed by atoms with Crippen LogP contribution in [0.2, 0.25) is 0 Å². The maximum atomic E-state index is 12.0. The number of esters is 1. The maximum absolute atomic E-state index is 12.0. The molecule has 8 nitrogen and oxygen atoms in total. The Morgan fingerprint density at radius 3 is 2.62 bits per heavy atom. The maximum Gasteiger partial charge on any atom is 0.316 e. The summed E-state index contributed by atoms with van der Waals surface area (Å²) in [5.74, 6) is 0.492. The third-order valence-electron chi connectivity index (χ3n) is 4.07. The summed E-state index contributed by atoms with van der Waals surface area (Å²) in [5, 5.41) is 11.1. The van der Waals surface area contributed by atoms with E-state index < -0.39 is 4.92 Å². The van der Waals surface area contributed by atoms with Crippen molar-refractivity contribution >= 4 is 23.4 Å². The van der Waals surface area contributed by atoms with E-state index in [-0.39, 0.29) is 29.8 Å². The van der Waals surface area contributed by atoms with Crippen molar-refractivity contribution in [1.29, 1.82) is 0 Å². The van der Waals surface area contributed by atoms with Gasteiger partial charge in [0.1, 0.15) is 6.61 Å². The van der Waals surface area contributed by atoms with Crippen molar-refractivity contribution in [2.24, 2.45) is 0 Å². The topological polar surface area (TPSA) is 96.5 Å². The van der Waals surface area contributed by atoms with Crippen molar-refractivity contribution < 1.29 is 19.2 Å². The Kier molecular flexibility index (Phi) is 6.85. The van der Waals surface area contributed by atoms with Crippen molar-refractivity contribution in [2.75, 3.05) is 12.9 Å². The van der Waals surface area contributed by atoms with E-state index in [1.807, 2.05) is 35.0 Å². The smallest absolute Gasteiger partial charge is 0.316 e. The number of carbonyl (C=O) groups excluding carboxylic acids is 1. The van der Waals surface area contributed by atoms with Crippen LogP contribution in [0.1, 0.15) is 11.1 Å². The highest BCUT2D eigenvalue weighted by Gasteiger charge is 2.15. The second-order valence-corrected chi connectivity index (χ2v) is 7.04. The summed E-state index contributed by atoms with van der Waals surface area (Å²) < 4.78 is 12.2. The largest absolute Gasteiger partial charge is 0.490 e. The van der Waals surface area contributed by atoms with Crippen molar-refractivity contribution in [2.45, 2.75) is 12.4 Å². The summed E-state index contributed by atoms with van der Waals surface area (Å²) in [6.45, 7) is 0.192. The molecule has 3 aromatic rings. The Labute approximate surface area is 171 Å². The first kappa shape index (κ1) is 20.4. The molecule has 3 rings (SSSR count). The van der Waals surface area contributed by atoms with Gasteiger partial charge in [0.2, 0.25) is 0 Å². The summed E-state index contributed by atoms with van der Waals surface area (Å²) in [5.41, 5.74) is 2.51. The van der Waals surface area contributed by atoms with Crippen LogP contribution in [0.5, 0.6) is 5.75 Å². The van der Waals surface area contributed by atoms with Gasteiger partial charge < -0.3 is 14.0 Å². The summed E-state index contributed by atoms with van der Waals surface area (Å²) in [6, 6.07) is 12.4. The van der Waals surface area contributed by atoms with Crippen molar-refractivity contribution in [1.82, 2.24) is 9.55 Å². The Morgan fingerprint density at radius 2 is 1.97 bits per heavy atom. The third kappa shape index (κ3) is 5.58. The highest BCUT2D eigenvalue weighted by Crippen LogP contribution is 2.29. The van der Waals surface area contributed by atoms with E-state index >= 15 is 0 Å². The molecule has 150 valence electrons. The highest BCUT2D eigenvalue weighted by molar-refractivity contribution is 7.99. The SMILES string of the molecule is COc1ccc(CSCC(=O)OCc2ccc(-n3ccnc3)cc2)cc1[N+](=O)[O-]. The predicted octanol–water partition coefficient (Wildman–Crippen LogP) is 3.77. The lowest BCUT2D eigenvalue weighted by atomic mass is 10.2. The van der Waals surface area contributed by atoms with Crippen LogP contribution in [-0.2, 0) is 21.9 Å². The summed E-state index contributed by atoms with van der Waals surface area (Å²) >= 11 is 1.34. The number of nitro groups is 1. The quantitative estimate of drug-likeness (QED) is 0.299. The molecule has 0 unspecified atom stereocenters. The summed E-state index contributed by atoms with van der Waals surface area (Å²) in [7, 11) is 1.39. The highest BCUT2D eigenvalue weighted by atomic mass is 32.2. The minimum Gasteiger partial charge on any atom is -0.490 e. The van der Waals surface area contributed by atoms with E-state index in [9.17, 15) is 14.9 Å². The number of aromatic nitrogens is 2. The average Bonchev–Trinajstić information content (AvgIpc) is 3.27. The van der Waals surface area contributed by atoms with Gasteiger partial charge in [-0.3, -0.25) is 14.9 Å². The van der Waals surface area contributed by atoms with Crippen molar-refractivity contribution in [3.63, 3.8) is 0 Å². The van der Waals surface area contributed by atoms with E-state index in [1.54, 1.807) is 24.7 Å². The van der Waals surface area contributed by atoms with Gasteiger partial charge in [-0.15, -0.1) is 11.8 Å². The molecule has 0 aliphatic carbocycles. The van der Waals surface area contributed by atoms with Gasteiger partial charge in [-0.1, -0.05) is 18.2 Å². The molecule has 9 heteroatoms. The minimum atomic E-state index is -0.487. The number of ether oxygens (including phenoxy) is 2.